The molecule has 1 unspecified atom stereocenters. The molecule has 1 saturated heterocycles. The highest BCUT2D eigenvalue weighted by Gasteiger charge is 2.36. The van der Waals surface area contributed by atoms with E-state index in [9.17, 15) is 4.79 Å². The van der Waals surface area contributed by atoms with Gasteiger partial charge >= 0.3 is 0 Å². The summed E-state index contributed by atoms with van der Waals surface area (Å²) in [5, 5.41) is 13.8. The van der Waals surface area contributed by atoms with Crippen LogP contribution in [0.1, 0.15) is 50.9 Å². The average Bonchev–Trinajstić information content (AvgIpc) is 3.30. The summed E-state index contributed by atoms with van der Waals surface area (Å²) in [6.07, 6.45) is 5.69. The third-order valence-electron chi connectivity index (χ3n) is 7.28. The van der Waals surface area contributed by atoms with Crippen LogP contribution >= 0.6 is 0 Å². The SMILES string of the molecule is CC[C@H]1CN(C(C)c2ccc(COC)nc2)[C@H](CC)CN1c1cc(=O)n(C)c2cn(CC#N)nc12. The highest BCUT2D eigenvalue weighted by atomic mass is 16.5. The number of nitrogens with zero attached hydrogens (tertiary/aromatic N) is 7. The first kappa shape index (κ1) is 24.9. The fourth-order valence-electron chi connectivity index (χ4n) is 5.17. The molecule has 0 spiro atoms. The Balaban J connectivity index is 1.67. The molecule has 0 N–H and O–H groups in total. The topological polar surface area (TPSA) is 92.2 Å². The molecule has 1 fully saturated rings. The van der Waals surface area contributed by atoms with E-state index in [2.05, 4.69) is 52.8 Å². The lowest BCUT2D eigenvalue weighted by atomic mass is 9.97. The predicted octanol–water partition coefficient (Wildman–Crippen LogP) is 3.24. The second-order valence-electron chi connectivity index (χ2n) is 9.31. The summed E-state index contributed by atoms with van der Waals surface area (Å²) >= 11 is 0. The number of hydrogen-bond acceptors (Lipinski definition) is 7. The van der Waals surface area contributed by atoms with Crippen molar-refractivity contribution in [2.24, 2.45) is 7.05 Å². The molecule has 0 saturated carbocycles. The van der Waals surface area contributed by atoms with Crippen molar-refractivity contribution >= 4 is 16.7 Å². The number of hydrogen-bond donors (Lipinski definition) is 0. The summed E-state index contributed by atoms with van der Waals surface area (Å²) in [5.41, 5.74) is 4.45. The number of fused-ring (bicyclic) bond motifs is 1. The molecule has 0 aromatic carbocycles. The Morgan fingerprint density at radius 2 is 2.00 bits per heavy atom. The molecule has 3 aromatic heterocycles. The van der Waals surface area contributed by atoms with Crippen LogP contribution in [0.25, 0.3) is 11.0 Å². The maximum atomic E-state index is 12.8. The number of aromatic nitrogens is 4. The van der Waals surface area contributed by atoms with Gasteiger partial charge in [-0.2, -0.15) is 10.4 Å². The van der Waals surface area contributed by atoms with Crippen molar-refractivity contribution in [2.45, 2.75) is 64.9 Å². The zero-order valence-corrected chi connectivity index (χ0v) is 21.3. The van der Waals surface area contributed by atoms with E-state index in [4.69, 9.17) is 10.00 Å². The van der Waals surface area contributed by atoms with E-state index in [1.165, 1.54) is 5.56 Å². The van der Waals surface area contributed by atoms with Crippen LogP contribution in [0.2, 0.25) is 0 Å². The lowest BCUT2D eigenvalue weighted by molar-refractivity contribution is 0.101. The number of nitriles is 1. The predicted molar refractivity (Wildman–Crippen MR) is 136 cm³/mol. The van der Waals surface area contributed by atoms with Crippen molar-refractivity contribution in [3.8, 4) is 6.07 Å². The highest BCUT2D eigenvalue weighted by Crippen LogP contribution is 2.34. The molecule has 9 nitrogen and oxygen atoms in total. The number of piperazine rings is 1. The van der Waals surface area contributed by atoms with Crippen molar-refractivity contribution in [3.63, 3.8) is 0 Å². The van der Waals surface area contributed by atoms with Gasteiger partial charge in [0, 0.05) is 57.6 Å². The standard InChI is InChI=1S/C26H35N7O2/c1-6-21-15-33(23-12-25(34)30(4)24-16-31(11-10-27)29-26(23)24)22(7-2)14-32(21)18(3)19-8-9-20(17-35-5)28-13-19/h8-9,12-13,16,18,21-22H,6-7,11,14-15,17H2,1-5H3/t18?,21-,22+/m1/s1. The summed E-state index contributed by atoms with van der Waals surface area (Å²) < 4.78 is 8.42. The Morgan fingerprint density at radius 1 is 1.23 bits per heavy atom. The quantitative estimate of drug-likeness (QED) is 0.492. The minimum Gasteiger partial charge on any atom is -0.378 e. The fraction of sp³-hybridized carbons (Fsp3) is 0.538. The highest BCUT2D eigenvalue weighted by molar-refractivity contribution is 5.88. The smallest absolute Gasteiger partial charge is 0.252 e. The third kappa shape index (κ3) is 4.81. The zero-order chi connectivity index (χ0) is 25.1. The van der Waals surface area contributed by atoms with Gasteiger partial charge in [0.25, 0.3) is 5.56 Å². The first-order valence-electron chi connectivity index (χ1n) is 12.3. The van der Waals surface area contributed by atoms with E-state index in [0.29, 0.717) is 12.6 Å². The van der Waals surface area contributed by atoms with Gasteiger partial charge < -0.3 is 14.2 Å². The first-order chi connectivity index (χ1) is 16.9. The zero-order valence-electron chi connectivity index (χ0n) is 21.3. The van der Waals surface area contributed by atoms with Crippen LogP contribution in [-0.4, -0.2) is 56.5 Å². The maximum Gasteiger partial charge on any atom is 0.252 e. The molecule has 186 valence electrons. The van der Waals surface area contributed by atoms with E-state index < -0.39 is 0 Å². The molecule has 0 bridgehead atoms. The number of rotatable bonds is 8. The molecule has 1 aliphatic heterocycles. The van der Waals surface area contributed by atoms with Crippen molar-refractivity contribution in [1.82, 2.24) is 24.2 Å². The second-order valence-corrected chi connectivity index (χ2v) is 9.31. The maximum absolute atomic E-state index is 12.8. The third-order valence-corrected chi connectivity index (χ3v) is 7.28. The Hall–Kier alpha value is -3.22. The summed E-state index contributed by atoms with van der Waals surface area (Å²) in [5.74, 6) is 0. The molecule has 3 aromatic rings. The Kier molecular flexibility index (Phi) is 7.53. The average molecular weight is 478 g/mol. The molecule has 1 aliphatic rings. The molecule has 3 atom stereocenters. The minimum atomic E-state index is -0.0649. The van der Waals surface area contributed by atoms with Gasteiger partial charge in [-0.3, -0.25) is 19.4 Å². The number of pyridine rings is 2. The summed E-state index contributed by atoms with van der Waals surface area (Å²) in [7, 11) is 3.43. The largest absolute Gasteiger partial charge is 0.378 e. The minimum absolute atomic E-state index is 0.0649. The number of ether oxygens (including phenoxy) is 1. The van der Waals surface area contributed by atoms with Crippen LogP contribution in [0.4, 0.5) is 5.69 Å². The molecule has 4 rings (SSSR count). The molecular weight excluding hydrogens is 442 g/mol. The van der Waals surface area contributed by atoms with Gasteiger partial charge in [-0.25, -0.2) is 0 Å². The van der Waals surface area contributed by atoms with Crippen molar-refractivity contribution in [1.29, 1.82) is 5.26 Å². The fourth-order valence-corrected chi connectivity index (χ4v) is 5.17. The summed E-state index contributed by atoms with van der Waals surface area (Å²) in [6.45, 7) is 9.01. The first-order valence-corrected chi connectivity index (χ1v) is 12.3. The molecule has 0 aliphatic carbocycles. The Labute approximate surface area is 206 Å². The van der Waals surface area contributed by atoms with Crippen molar-refractivity contribution in [3.05, 3.63) is 52.2 Å². The van der Waals surface area contributed by atoms with Crippen LogP contribution in [0.5, 0.6) is 0 Å². The lowest BCUT2D eigenvalue weighted by Gasteiger charge is -2.49. The summed E-state index contributed by atoms with van der Waals surface area (Å²) in [6, 6.07) is 8.80. The summed E-state index contributed by atoms with van der Waals surface area (Å²) in [4.78, 5) is 22.4. The van der Waals surface area contributed by atoms with Crippen LogP contribution in [0.3, 0.4) is 0 Å². The van der Waals surface area contributed by atoms with Gasteiger partial charge in [-0.05, 0) is 31.4 Å². The van der Waals surface area contributed by atoms with Gasteiger partial charge in [0.05, 0.1) is 35.8 Å². The van der Waals surface area contributed by atoms with Crippen molar-refractivity contribution < 1.29 is 4.74 Å². The molecule has 4 heterocycles. The second kappa shape index (κ2) is 10.6. The van der Waals surface area contributed by atoms with E-state index in [1.54, 1.807) is 35.7 Å². The van der Waals surface area contributed by atoms with Gasteiger partial charge in [0.2, 0.25) is 0 Å². The lowest BCUT2D eigenvalue weighted by Crippen LogP contribution is -2.58. The van der Waals surface area contributed by atoms with Gasteiger partial charge in [0.1, 0.15) is 12.1 Å². The Bertz CT molecular complexity index is 1260. The van der Waals surface area contributed by atoms with Crippen LogP contribution in [0, 0.1) is 11.3 Å². The van der Waals surface area contributed by atoms with E-state index in [-0.39, 0.29) is 24.2 Å². The van der Waals surface area contributed by atoms with Crippen LogP contribution in [-0.2, 0) is 24.9 Å². The molecule has 0 radical (unpaired) electrons. The van der Waals surface area contributed by atoms with Gasteiger partial charge in [-0.15, -0.1) is 0 Å². The number of anilines is 1. The monoisotopic (exact) mass is 477 g/mol. The normalized spacial score (nSPS) is 19.7. The molecule has 9 heteroatoms. The number of aryl methyl sites for hydroxylation is 1. The Morgan fingerprint density at radius 3 is 2.63 bits per heavy atom. The molecule has 0 amide bonds. The van der Waals surface area contributed by atoms with Crippen molar-refractivity contribution in [2.75, 3.05) is 25.1 Å². The van der Waals surface area contributed by atoms with E-state index in [0.717, 1.165) is 48.3 Å². The van der Waals surface area contributed by atoms with Crippen LogP contribution < -0.4 is 10.5 Å². The van der Waals surface area contributed by atoms with Gasteiger partial charge in [-0.1, -0.05) is 19.9 Å². The van der Waals surface area contributed by atoms with Crippen LogP contribution in [0.15, 0.2) is 35.4 Å². The molecule has 35 heavy (non-hydrogen) atoms. The van der Waals surface area contributed by atoms with Gasteiger partial charge in [0.15, 0.2) is 0 Å². The molecular formula is C26H35N7O2. The number of methoxy groups -OCH3 is 1. The van der Waals surface area contributed by atoms with E-state index >= 15 is 0 Å². The van der Waals surface area contributed by atoms with E-state index in [1.807, 2.05) is 12.3 Å².